The molecule has 0 aliphatic carbocycles. The number of carboxylic acids is 1. The van der Waals surface area contributed by atoms with E-state index in [0.717, 1.165) is 6.07 Å². The van der Waals surface area contributed by atoms with Crippen molar-refractivity contribution >= 4 is 45.6 Å². The fourth-order valence-electron chi connectivity index (χ4n) is 2.49. The first-order valence-corrected chi connectivity index (χ1v) is 8.27. The SMILES string of the molecule is CC(C)C1(CC(=O)O)NC(=O)N(NC(=O)Nc2ccc(Br)cc2F)C1=O. The van der Waals surface area contributed by atoms with Crippen LogP contribution >= 0.6 is 15.9 Å². The average Bonchev–Trinajstić information content (AvgIpc) is 2.75. The number of imide groups is 1. The van der Waals surface area contributed by atoms with Crippen molar-refractivity contribution in [2.75, 3.05) is 5.32 Å². The molecule has 1 atom stereocenters. The van der Waals surface area contributed by atoms with E-state index in [2.05, 4.69) is 26.6 Å². The Bertz CT molecular complexity index is 787. The molecule has 9 nitrogen and oxygen atoms in total. The van der Waals surface area contributed by atoms with Crippen LogP contribution in [-0.2, 0) is 9.59 Å². The predicted octanol–water partition coefficient (Wildman–Crippen LogP) is 2.05. The number of halogens is 2. The van der Waals surface area contributed by atoms with Crippen LogP contribution in [0.3, 0.4) is 0 Å². The van der Waals surface area contributed by atoms with Crippen LogP contribution in [0.25, 0.3) is 0 Å². The van der Waals surface area contributed by atoms with Gasteiger partial charge in [0.1, 0.15) is 11.4 Å². The number of hydrazine groups is 1. The van der Waals surface area contributed by atoms with Gasteiger partial charge in [0.25, 0.3) is 5.91 Å². The van der Waals surface area contributed by atoms with Gasteiger partial charge in [0, 0.05) is 4.47 Å². The Hall–Kier alpha value is -2.69. The van der Waals surface area contributed by atoms with E-state index in [1.165, 1.54) is 12.1 Å². The summed E-state index contributed by atoms with van der Waals surface area (Å²) in [5.74, 6) is -3.47. The molecule has 140 valence electrons. The Morgan fingerprint density at radius 2 is 2.04 bits per heavy atom. The van der Waals surface area contributed by atoms with E-state index in [1.807, 2.05) is 5.43 Å². The lowest BCUT2D eigenvalue weighted by Crippen LogP contribution is -2.54. The van der Waals surface area contributed by atoms with Gasteiger partial charge in [-0.1, -0.05) is 29.8 Å². The van der Waals surface area contributed by atoms with Crippen LogP contribution in [0.2, 0.25) is 0 Å². The van der Waals surface area contributed by atoms with Crippen LogP contribution in [0.15, 0.2) is 22.7 Å². The fraction of sp³-hybridized carbons (Fsp3) is 0.333. The van der Waals surface area contributed by atoms with E-state index in [0.29, 0.717) is 9.48 Å². The van der Waals surface area contributed by atoms with Gasteiger partial charge in [0.05, 0.1) is 12.1 Å². The minimum absolute atomic E-state index is 0.168. The Labute approximate surface area is 156 Å². The molecule has 11 heteroatoms. The number of rotatable bonds is 5. The molecule has 0 aromatic heterocycles. The van der Waals surface area contributed by atoms with Crippen LogP contribution in [0.5, 0.6) is 0 Å². The van der Waals surface area contributed by atoms with Gasteiger partial charge in [-0.25, -0.2) is 19.4 Å². The van der Waals surface area contributed by atoms with E-state index in [4.69, 9.17) is 5.11 Å². The number of carboxylic acid groups (broad SMARTS) is 1. The highest BCUT2D eigenvalue weighted by atomic mass is 79.9. The van der Waals surface area contributed by atoms with Crippen molar-refractivity contribution in [3.63, 3.8) is 0 Å². The van der Waals surface area contributed by atoms with E-state index in [1.54, 1.807) is 13.8 Å². The number of aliphatic carboxylic acids is 1. The van der Waals surface area contributed by atoms with Crippen molar-refractivity contribution in [1.82, 2.24) is 15.8 Å². The second-order valence-electron chi connectivity index (χ2n) is 5.96. The molecule has 1 unspecified atom stereocenters. The molecule has 5 amide bonds. The normalized spacial score (nSPS) is 19.5. The molecule has 2 rings (SSSR count). The molecule has 1 fully saturated rings. The third kappa shape index (κ3) is 3.77. The number of nitrogens with zero attached hydrogens (tertiary/aromatic N) is 1. The van der Waals surface area contributed by atoms with Crippen LogP contribution in [-0.4, -0.2) is 39.6 Å². The summed E-state index contributed by atoms with van der Waals surface area (Å²) >= 11 is 3.07. The molecule has 26 heavy (non-hydrogen) atoms. The number of urea groups is 2. The van der Waals surface area contributed by atoms with Crippen LogP contribution in [0.1, 0.15) is 20.3 Å². The first-order valence-electron chi connectivity index (χ1n) is 7.48. The number of carbonyl (C=O) groups is 4. The number of hydrogen-bond acceptors (Lipinski definition) is 4. The summed E-state index contributed by atoms with van der Waals surface area (Å²) in [4.78, 5) is 47.7. The molecule has 1 saturated heterocycles. The highest BCUT2D eigenvalue weighted by Gasteiger charge is 2.55. The summed E-state index contributed by atoms with van der Waals surface area (Å²) < 4.78 is 14.2. The maximum atomic E-state index is 13.8. The largest absolute Gasteiger partial charge is 0.481 e. The van der Waals surface area contributed by atoms with E-state index < -0.39 is 47.6 Å². The molecule has 1 heterocycles. The van der Waals surface area contributed by atoms with Crippen LogP contribution < -0.4 is 16.1 Å². The van der Waals surface area contributed by atoms with Crippen molar-refractivity contribution in [3.8, 4) is 0 Å². The third-order valence-corrected chi connectivity index (χ3v) is 4.42. The first kappa shape index (κ1) is 19.6. The summed E-state index contributed by atoms with van der Waals surface area (Å²) in [6.07, 6.45) is -0.642. The second-order valence-corrected chi connectivity index (χ2v) is 6.87. The monoisotopic (exact) mass is 430 g/mol. The third-order valence-electron chi connectivity index (χ3n) is 3.93. The van der Waals surface area contributed by atoms with Crippen molar-refractivity contribution in [2.45, 2.75) is 25.8 Å². The van der Waals surface area contributed by atoms with E-state index >= 15 is 0 Å². The standard InChI is InChI=1S/C15H16BrFN4O5/c1-7(2)15(6-11(22)23)12(24)21(14(26)19-15)20-13(25)18-10-4-3-8(16)5-9(10)17/h3-5,7H,6H2,1-2H3,(H,19,26)(H,22,23)(H2,18,20,25). The lowest BCUT2D eigenvalue weighted by molar-refractivity contribution is -0.145. The Morgan fingerprint density at radius 1 is 1.38 bits per heavy atom. The van der Waals surface area contributed by atoms with E-state index in [-0.39, 0.29) is 5.69 Å². The molecule has 1 aliphatic rings. The van der Waals surface area contributed by atoms with Crippen molar-refractivity contribution in [2.24, 2.45) is 5.92 Å². The molecule has 1 aromatic carbocycles. The number of nitrogens with one attached hydrogen (secondary N) is 3. The zero-order chi connectivity index (χ0) is 19.6. The van der Waals surface area contributed by atoms with Gasteiger partial charge >= 0.3 is 18.0 Å². The molecule has 1 aromatic rings. The first-order chi connectivity index (χ1) is 12.1. The molecule has 0 radical (unpaired) electrons. The summed E-state index contributed by atoms with van der Waals surface area (Å²) in [5, 5.41) is 13.9. The highest BCUT2D eigenvalue weighted by Crippen LogP contribution is 2.28. The smallest absolute Gasteiger partial charge is 0.344 e. The molecule has 0 spiro atoms. The van der Waals surface area contributed by atoms with Gasteiger partial charge in [0.15, 0.2) is 0 Å². The number of amides is 5. The molecule has 1 aliphatic heterocycles. The lowest BCUT2D eigenvalue weighted by Gasteiger charge is -2.28. The number of carbonyl (C=O) groups excluding carboxylic acids is 3. The minimum atomic E-state index is -1.68. The van der Waals surface area contributed by atoms with Gasteiger partial charge in [-0.05, 0) is 24.1 Å². The van der Waals surface area contributed by atoms with Gasteiger partial charge in [0.2, 0.25) is 0 Å². The lowest BCUT2D eigenvalue weighted by atomic mass is 9.83. The Balaban J connectivity index is 2.16. The van der Waals surface area contributed by atoms with Crippen molar-refractivity contribution in [3.05, 3.63) is 28.5 Å². The summed E-state index contributed by atoms with van der Waals surface area (Å²) in [6, 6.07) is 1.89. The average molecular weight is 431 g/mol. The fourth-order valence-corrected chi connectivity index (χ4v) is 2.82. The Morgan fingerprint density at radius 3 is 2.58 bits per heavy atom. The second kappa shape index (κ2) is 7.28. The minimum Gasteiger partial charge on any atom is -0.481 e. The summed E-state index contributed by atoms with van der Waals surface area (Å²) in [5.41, 5.74) is 0.152. The Kier molecular flexibility index (Phi) is 5.50. The molecule has 4 N–H and O–H groups in total. The summed E-state index contributed by atoms with van der Waals surface area (Å²) in [6.45, 7) is 3.14. The molecular formula is C15H16BrFN4O5. The maximum absolute atomic E-state index is 13.8. The summed E-state index contributed by atoms with van der Waals surface area (Å²) in [7, 11) is 0. The molecular weight excluding hydrogens is 415 g/mol. The number of hydrogen-bond donors (Lipinski definition) is 4. The highest BCUT2D eigenvalue weighted by molar-refractivity contribution is 9.10. The van der Waals surface area contributed by atoms with Crippen LogP contribution in [0.4, 0.5) is 19.7 Å². The predicted molar refractivity (Wildman–Crippen MR) is 91.5 cm³/mol. The number of anilines is 1. The zero-order valence-corrected chi connectivity index (χ0v) is 15.4. The van der Waals surface area contributed by atoms with Crippen LogP contribution in [0, 0.1) is 11.7 Å². The van der Waals surface area contributed by atoms with Crippen molar-refractivity contribution < 1.29 is 28.7 Å². The van der Waals surface area contributed by atoms with Gasteiger partial charge < -0.3 is 15.7 Å². The molecule has 0 saturated carbocycles. The quantitative estimate of drug-likeness (QED) is 0.531. The van der Waals surface area contributed by atoms with E-state index in [9.17, 15) is 23.6 Å². The maximum Gasteiger partial charge on any atom is 0.344 e. The molecule has 0 bridgehead atoms. The van der Waals surface area contributed by atoms with Crippen molar-refractivity contribution in [1.29, 1.82) is 0 Å². The van der Waals surface area contributed by atoms with Gasteiger partial charge in [-0.2, -0.15) is 5.01 Å². The van der Waals surface area contributed by atoms with Gasteiger partial charge in [-0.3, -0.25) is 9.59 Å². The zero-order valence-electron chi connectivity index (χ0n) is 13.8. The topological polar surface area (TPSA) is 128 Å². The number of benzene rings is 1. The van der Waals surface area contributed by atoms with Gasteiger partial charge in [-0.15, -0.1) is 0 Å².